The number of carbonyl (C=O) groups excluding carboxylic acids is 2. The average molecular weight is 316 g/mol. The molecule has 1 aromatic carbocycles. The Morgan fingerprint density at radius 3 is 2.61 bits per heavy atom. The highest BCUT2D eigenvalue weighted by molar-refractivity contribution is 6.10. The smallest absolute Gasteiger partial charge is 0.285 e. The number of fused-ring (bicyclic) bond motifs is 1. The summed E-state index contributed by atoms with van der Waals surface area (Å²) >= 11 is 0. The number of nitrogens with one attached hydrogen (secondary N) is 2. The van der Waals surface area contributed by atoms with E-state index in [0.29, 0.717) is 11.8 Å². The normalized spacial score (nSPS) is 28.7. The van der Waals surface area contributed by atoms with Crippen molar-refractivity contribution >= 4 is 23.2 Å². The van der Waals surface area contributed by atoms with E-state index in [0.717, 1.165) is 24.5 Å². The third-order valence-corrected chi connectivity index (χ3v) is 5.05. The van der Waals surface area contributed by atoms with Crippen molar-refractivity contribution in [2.45, 2.75) is 33.2 Å². The molecule has 0 aliphatic carbocycles. The molecule has 3 atom stereocenters. The Kier molecular flexibility index (Phi) is 4.39. The molecule has 2 aliphatic rings. The van der Waals surface area contributed by atoms with Gasteiger partial charge in [-0.1, -0.05) is 26.0 Å². The number of hydrogen-bond acceptors (Lipinski definition) is 2. The maximum Gasteiger partial charge on any atom is 0.285 e. The molecule has 5 nitrogen and oxygen atoms in total. The largest absolute Gasteiger partial charge is 0.324 e. The van der Waals surface area contributed by atoms with Crippen LogP contribution in [0.1, 0.15) is 27.2 Å². The molecule has 0 bridgehead atoms. The molecule has 1 aromatic rings. The van der Waals surface area contributed by atoms with Crippen molar-refractivity contribution in [2.24, 2.45) is 11.8 Å². The van der Waals surface area contributed by atoms with Crippen molar-refractivity contribution in [3.05, 3.63) is 24.3 Å². The van der Waals surface area contributed by atoms with Crippen molar-refractivity contribution in [1.82, 2.24) is 0 Å². The first kappa shape index (κ1) is 16.0. The molecule has 2 N–H and O–H groups in total. The second kappa shape index (κ2) is 6.32. The minimum Gasteiger partial charge on any atom is -0.324 e. The SMILES string of the molecule is C[C@@H]1C[C@@H](C)C[NH+]([C@@H](C)C(=O)N2CC(=O)Nc3ccccc32)C1. The van der Waals surface area contributed by atoms with Gasteiger partial charge in [0.05, 0.1) is 24.5 Å². The first-order valence-corrected chi connectivity index (χ1v) is 8.50. The molecule has 0 radical (unpaired) electrons. The number of rotatable bonds is 2. The molecule has 3 rings (SSSR count). The number of nitrogens with zero attached hydrogens (tertiary/aromatic N) is 1. The fourth-order valence-corrected chi connectivity index (χ4v) is 4.02. The van der Waals surface area contributed by atoms with Gasteiger partial charge in [0, 0.05) is 11.8 Å². The Hall–Kier alpha value is -1.88. The summed E-state index contributed by atoms with van der Waals surface area (Å²) in [5.74, 6) is 1.20. The molecule has 23 heavy (non-hydrogen) atoms. The van der Waals surface area contributed by atoms with Crippen LogP contribution >= 0.6 is 0 Å². The number of amides is 2. The van der Waals surface area contributed by atoms with Crippen molar-refractivity contribution < 1.29 is 14.5 Å². The Morgan fingerprint density at radius 2 is 1.91 bits per heavy atom. The van der Waals surface area contributed by atoms with E-state index in [2.05, 4.69) is 19.2 Å². The van der Waals surface area contributed by atoms with Gasteiger partial charge in [0.1, 0.15) is 6.54 Å². The Bertz CT molecular complexity index is 606. The zero-order chi connectivity index (χ0) is 16.6. The highest BCUT2D eigenvalue weighted by Crippen LogP contribution is 2.29. The number of anilines is 2. The van der Waals surface area contributed by atoms with Gasteiger partial charge in [0.2, 0.25) is 5.91 Å². The fraction of sp³-hybridized carbons (Fsp3) is 0.556. The van der Waals surface area contributed by atoms with E-state index in [1.54, 1.807) is 4.90 Å². The molecule has 1 saturated heterocycles. The van der Waals surface area contributed by atoms with Crippen LogP contribution in [0.3, 0.4) is 0 Å². The Balaban J connectivity index is 1.81. The van der Waals surface area contributed by atoms with Crippen LogP contribution in [0.4, 0.5) is 11.4 Å². The lowest BCUT2D eigenvalue weighted by atomic mass is 9.91. The average Bonchev–Trinajstić information content (AvgIpc) is 2.51. The summed E-state index contributed by atoms with van der Waals surface area (Å²) in [4.78, 5) is 28.0. The fourth-order valence-electron chi connectivity index (χ4n) is 4.02. The van der Waals surface area contributed by atoms with Crippen LogP contribution < -0.4 is 15.1 Å². The first-order valence-electron chi connectivity index (χ1n) is 8.50. The van der Waals surface area contributed by atoms with Crippen LogP contribution in [0.25, 0.3) is 0 Å². The van der Waals surface area contributed by atoms with Crippen molar-refractivity contribution in [3.63, 3.8) is 0 Å². The quantitative estimate of drug-likeness (QED) is 0.852. The van der Waals surface area contributed by atoms with Gasteiger partial charge >= 0.3 is 0 Å². The second-order valence-corrected chi connectivity index (χ2v) is 7.22. The molecular formula is C18H26N3O2+. The van der Waals surface area contributed by atoms with E-state index in [1.165, 1.54) is 11.3 Å². The van der Waals surface area contributed by atoms with E-state index < -0.39 is 0 Å². The van der Waals surface area contributed by atoms with Crippen LogP contribution in [-0.2, 0) is 9.59 Å². The van der Waals surface area contributed by atoms with Crippen LogP contribution in [0.2, 0.25) is 0 Å². The van der Waals surface area contributed by atoms with Gasteiger partial charge in [-0.05, 0) is 25.5 Å². The standard InChI is InChI=1S/C18H25N3O2/c1-12-8-13(2)10-20(9-12)14(3)18(23)21-11-17(22)19-15-6-4-5-7-16(15)21/h4-7,12-14H,8-11H2,1-3H3,(H,19,22)/p+1/t12-,13-,14+/m1/s1. The van der Waals surface area contributed by atoms with Crippen LogP contribution in [0, 0.1) is 11.8 Å². The summed E-state index contributed by atoms with van der Waals surface area (Å²) in [6.07, 6.45) is 1.24. The van der Waals surface area contributed by atoms with Gasteiger partial charge in [-0.2, -0.15) is 0 Å². The number of hydrogen-bond donors (Lipinski definition) is 2. The summed E-state index contributed by atoms with van der Waals surface area (Å²) in [6, 6.07) is 7.39. The number of likely N-dealkylation sites (tertiary alicyclic amines) is 1. The molecule has 2 amide bonds. The van der Waals surface area contributed by atoms with E-state index in [1.807, 2.05) is 31.2 Å². The molecule has 0 unspecified atom stereocenters. The zero-order valence-electron chi connectivity index (χ0n) is 14.1. The molecule has 2 heterocycles. The predicted octanol–water partition coefficient (Wildman–Crippen LogP) is 0.921. The topological polar surface area (TPSA) is 53.9 Å². The van der Waals surface area contributed by atoms with Crippen molar-refractivity contribution in [2.75, 3.05) is 29.9 Å². The lowest BCUT2D eigenvalue weighted by Crippen LogP contribution is -3.18. The molecule has 0 saturated carbocycles. The number of benzene rings is 1. The van der Waals surface area contributed by atoms with E-state index in [-0.39, 0.29) is 24.4 Å². The molecule has 0 aromatic heterocycles. The predicted molar refractivity (Wildman–Crippen MR) is 90.5 cm³/mol. The van der Waals surface area contributed by atoms with Crippen LogP contribution in [0.15, 0.2) is 24.3 Å². The second-order valence-electron chi connectivity index (χ2n) is 7.22. The third-order valence-electron chi connectivity index (χ3n) is 5.05. The molecule has 124 valence electrons. The molecule has 5 heteroatoms. The lowest BCUT2D eigenvalue weighted by molar-refractivity contribution is -0.925. The summed E-state index contributed by atoms with van der Waals surface area (Å²) in [5, 5.41) is 2.84. The molecule has 2 aliphatic heterocycles. The van der Waals surface area contributed by atoms with Gasteiger partial charge in [-0.3, -0.25) is 14.5 Å². The van der Waals surface area contributed by atoms with Gasteiger partial charge < -0.3 is 10.2 Å². The summed E-state index contributed by atoms with van der Waals surface area (Å²) in [7, 11) is 0. The minimum absolute atomic E-state index is 0.0450. The zero-order valence-corrected chi connectivity index (χ0v) is 14.1. The lowest BCUT2D eigenvalue weighted by Gasteiger charge is -2.38. The number of carbonyl (C=O) groups is 2. The highest BCUT2D eigenvalue weighted by atomic mass is 16.2. The van der Waals surface area contributed by atoms with Crippen LogP contribution in [-0.4, -0.2) is 37.5 Å². The molecule has 0 spiro atoms. The van der Waals surface area contributed by atoms with Crippen molar-refractivity contribution in [1.29, 1.82) is 0 Å². The van der Waals surface area contributed by atoms with E-state index in [9.17, 15) is 9.59 Å². The Morgan fingerprint density at radius 1 is 1.26 bits per heavy atom. The summed E-state index contributed by atoms with van der Waals surface area (Å²) < 4.78 is 0. The number of para-hydroxylation sites is 2. The minimum atomic E-state index is -0.126. The van der Waals surface area contributed by atoms with Gasteiger partial charge in [0.15, 0.2) is 6.04 Å². The number of quaternary nitrogens is 1. The monoisotopic (exact) mass is 316 g/mol. The van der Waals surface area contributed by atoms with Crippen LogP contribution in [0.5, 0.6) is 0 Å². The third kappa shape index (κ3) is 3.24. The van der Waals surface area contributed by atoms with Crippen molar-refractivity contribution in [3.8, 4) is 0 Å². The maximum atomic E-state index is 13.0. The van der Waals surface area contributed by atoms with E-state index >= 15 is 0 Å². The summed E-state index contributed by atoms with van der Waals surface area (Å²) in [5.41, 5.74) is 1.53. The molecular weight excluding hydrogens is 290 g/mol. The Labute approximate surface area is 137 Å². The van der Waals surface area contributed by atoms with Gasteiger partial charge in [-0.15, -0.1) is 0 Å². The van der Waals surface area contributed by atoms with Gasteiger partial charge in [-0.25, -0.2) is 0 Å². The molecule has 1 fully saturated rings. The maximum absolute atomic E-state index is 13.0. The number of piperidine rings is 1. The summed E-state index contributed by atoms with van der Waals surface area (Å²) in [6.45, 7) is 8.68. The first-order chi connectivity index (χ1) is 11.0. The van der Waals surface area contributed by atoms with Gasteiger partial charge in [0.25, 0.3) is 5.91 Å². The van der Waals surface area contributed by atoms with E-state index in [4.69, 9.17) is 0 Å². The highest BCUT2D eigenvalue weighted by Gasteiger charge is 2.37.